The van der Waals surface area contributed by atoms with Crippen LogP contribution in [-0.2, 0) is 17.9 Å². The fourth-order valence-corrected chi connectivity index (χ4v) is 2.06. The first-order chi connectivity index (χ1) is 9.52. The summed E-state index contributed by atoms with van der Waals surface area (Å²) in [7, 11) is 0. The number of aryl methyl sites for hydroxylation is 3. The smallest absolute Gasteiger partial charge is 0.359 e. The molecular weight excluding hydrogens is 254 g/mol. The van der Waals surface area contributed by atoms with Gasteiger partial charge in [0.15, 0.2) is 5.69 Å². The van der Waals surface area contributed by atoms with Crippen LogP contribution in [0.2, 0.25) is 0 Å². The number of nitrogens with two attached hydrogens (primary N) is 1. The molecule has 0 saturated heterocycles. The molecule has 2 N–H and O–H groups in total. The highest BCUT2D eigenvalue weighted by Crippen LogP contribution is 2.18. The van der Waals surface area contributed by atoms with Gasteiger partial charge in [0.25, 0.3) is 0 Å². The van der Waals surface area contributed by atoms with Crippen molar-refractivity contribution in [1.29, 1.82) is 0 Å². The number of rotatable bonds is 4. The molecule has 0 saturated carbocycles. The van der Waals surface area contributed by atoms with Crippen molar-refractivity contribution in [1.82, 2.24) is 9.78 Å². The Labute approximate surface area is 118 Å². The summed E-state index contributed by atoms with van der Waals surface area (Å²) in [5.74, 6) is -0.438. The van der Waals surface area contributed by atoms with Crippen molar-refractivity contribution in [2.24, 2.45) is 0 Å². The minimum atomic E-state index is -0.438. The molecule has 106 valence electrons. The van der Waals surface area contributed by atoms with E-state index in [-0.39, 0.29) is 6.61 Å². The van der Waals surface area contributed by atoms with Crippen LogP contribution in [0.25, 0.3) is 0 Å². The van der Waals surface area contributed by atoms with E-state index in [4.69, 9.17) is 10.5 Å². The monoisotopic (exact) mass is 273 g/mol. The number of carbonyl (C=O) groups is 1. The van der Waals surface area contributed by atoms with Gasteiger partial charge >= 0.3 is 5.97 Å². The Morgan fingerprint density at radius 3 is 2.80 bits per heavy atom. The highest BCUT2D eigenvalue weighted by molar-refractivity contribution is 5.93. The van der Waals surface area contributed by atoms with E-state index >= 15 is 0 Å². The summed E-state index contributed by atoms with van der Waals surface area (Å²) in [5.41, 5.74) is 9.34. The molecule has 5 heteroatoms. The van der Waals surface area contributed by atoms with Gasteiger partial charge in [-0.25, -0.2) is 4.79 Å². The van der Waals surface area contributed by atoms with Crippen LogP contribution >= 0.6 is 0 Å². The van der Waals surface area contributed by atoms with Gasteiger partial charge in [-0.3, -0.25) is 4.68 Å². The van der Waals surface area contributed by atoms with E-state index < -0.39 is 5.97 Å². The van der Waals surface area contributed by atoms with Crippen LogP contribution < -0.4 is 5.73 Å². The van der Waals surface area contributed by atoms with E-state index in [0.717, 1.165) is 11.1 Å². The predicted molar refractivity (Wildman–Crippen MR) is 77.3 cm³/mol. The van der Waals surface area contributed by atoms with Gasteiger partial charge < -0.3 is 10.5 Å². The highest BCUT2D eigenvalue weighted by atomic mass is 16.5. The normalized spacial score (nSPS) is 10.6. The molecule has 2 rings (SSSR count). The van der Waals surface area contributed by atoms with Crippen LogP contribution in [0.5, 0.6) is 0 Å². The largest absolute Gasteiger partial charge is 0.456 e. The Hall–Kier alpha value is -2.30. The lowest BCUT2D eigenvalue weighted by Crippen LogP contribution is -2.14. The van der Waals surface area contributed by atoms with Crippen molar-refractivity contribution in [3.05, 3.63) is 46.8 Å². The van der Waals surface area contributed by atoms with Crippen molar-refractivity contribution < 1.29 is 9.53 Å². The molecule has 0 aliphatic heterocycles. The third-order valence-corrected chi connectivity index (χ3v) is 3.12. The van der Waals surface area contributed by atoms with E-state index in [0.29, 0.717) is 23.6 Å². The van der Waals surface area contributed by atoms with Crippen LogP contribution in [0.3, 0.4) is 0 Å². The number of aromatic nitrogens is 2. The Balaban J connectivity index is 2.13. The fraction of sp³-hybridized carbons (Fsp3) is 0.333. The van der Waals surface area contributed by atoms with Gasteiger partial charge in [0, 0.05) is 6.54 Å². The molecule has 0 bridgehead atoms. The van der Waals surface area contributed by atoms with Crippen molar-refractivity contribution in [3.63, 3.8) is 0 Å². The first-order valence-corrected chi connectivity index (χ1v) is 6.58. The molecule has 5 nitrogen and oxygen atoms in total. The van der Waals surface area contributed by atoms with Gasteiger partial charge in [0.2, 0.25) is 0 Å². The summed E-state index contributed by atoms with van der Waals surface area (Å²) in [6.07, 6.45) is 0. The second-order valence-electron chi connectivity index (χ2n) is 4.73. The van der Waals surface area contributed by atoms with Crippen molar-refractivity contribution >= 4 is 11.7 Å². The number of hydrogen-bond acceptors (Lipinski definition) is 4. The number of carbonyl (C=O) groups excluding carboxylic acids is 1. The average molecular weight is 273 g/mol. The number of ether oxygens (including phenoxy) is 1. The highest BCUT2D eigenvalue weighted by Gasteiger charge is 2.20. The summed E-state index contributed by atoms with van der Waals surface area (Å²) in [5, 5.41) is 4.21. The van der Waals surface area contributed by atoms with Crippen molar-refractivity contribution in [2.75, 3.05) is 5.73 Å². The summed E-state index contributed by atoms with van der Waals surface area (Å²) in [4.78, 5) is 12.2. The first-order valence-electron chi connectivity index (χ1n) is 6.58. The predicted octanol–water partition coefficient (Wildman–Crippen LogP) is 2.46. The molecule has 0 atom stereocenters. The lowest BCUT2D eigenvalue weighted by atomic mass is 10.1. The van der Waals surface area contributed by atoms with E-state index in [1.54, 1.807) is 11.6 Å². The minimum absolute atomic E-state index is 0.230. The lowest BCUT2D eigenvalue weighted by Gasteiger charge is -2.07. The van der Waals surface area contributed by atoms with Gasteiger partial charge in [-0.2, -0.15) is 5.10 Å². The van der Waals surface area contributed by atoms with E-state index in [1.807, 2.05) is 38.1 Å². The van der Waals surface area contributed by atoms with Crippen molar-refractivity contribution in [2.45, 2.75) is 33.9 Å². The quantitative estimate of drug-likeness (QED) is 0.869. The third-order valence-electron chi connectivity index (χ3n) is 3.12. The standard InChI is InChI=1S/C15H19N3O2/c1-4-18-14(13(16)11(3)17-18)15(19)20-9-12-7-5-6-10(2)8-12/h5-8H,4,9,16H2,1-3H3. The molecule has 2 aromatic rings. The number of anilines is 1. The number of benzene rings is 1. The molecule has 20 heavy (non-hydrogen) atoms. The molecule has 1 aromatic carbocycles. The molecule has 0 spiro atoms. The second-order valence-corrected chi connectivity index (χ2v) is 4.73. The summed E-state index contributed by atoms with van der Waals surface area (Å²) >= 11 is 0. The topological polar surface area (TPSA) is 70.1 Å². The maximum atomic E-state index is 12.2. The maximum Gasteiger partial charge on any atom is 0.359 e. The Morgan fingerprint density at radius 2 is 2.15 bits per heavy atom. The summed E-state index contributed by atoms with van der Waals surface area (Å²) in [6, 6.07) is 7.84. The summed E-state index contributed by atoms with van der Waals surface area (Å²) < 4.78 is 6.90. The molecule has 0 radical (unpaired) electrons. The van der Waals surface area contributed by atoms with E-state index in [1.165, 1.54) is 0 Å². The molecular formula is C15H19N3O2. The van der Waals surface area contributed by atoms with E-state index in [9.17, 15) is 4.79 Å². The molecule has 0 aliphatic rings. The first kappa shape index (κ1) is 14.1. The fourth-order valence-electron chi connectivity index (χ4n) is 2.06. The Bertz CT molecular complexity index is 632. The van der Waals surface area contributed by atoms with Crippen molar-refractivity contribution in [3.8, 4) is 0 Å². The Morgan fingerprint density at radius 1 is 1.40 bits per heavy atom. The molecule has 1 aromatic heterocycles. The minimum Gasteiger partial charge on any atom is -0.456 e. The SMILES string of the molecule is CCn1nc(C)c(N)c1C(=O)OCc1cccc(C)c1. The number of hydrogen-bond donors (Lipinski definition) is 1. The van der Waals surface area contributed by atoms with Gasteiger partial charge in [0.1, 0.15) is 6.61 Å². The van der Waals surface area contributed by atoms with E-state index in [2.05, 4.69) is 5.10 Å². The lowest BCUT2D eigenvalue weighted by molar-refractivity contribution is 0.0459. The number of nitrogen functional groups attached to an aromatic ring is 1. The van der Waals surface area contributed by atoms with Crippen LogP contribution in [0.1, 0.15) is 34.2 Å². The van der Waals surface area contributed by atoms with Gasteiger partial charge in [-0.15, -0.1) is 0 Å². The van der Waals surface area contributed by atoms with Gasteiger partial charge in [0.05, 0.1) is 11.4 Å². The van der Waals surface area contributed by atoms with Crippen LogP contribution in [0.4, 0.5) is 5.69 Å². The third kappa shape index (κ3) is 2.82. The molecule has 0 fully saturated rings. The second kappa shape index (κ2) is 5.77. The maximum absolute atomic E-state index is 12.2. The van der Waals surface area contributed by atoms with Crippen LogP contribution in [0, 0.1) is 13.8 Å². The molecule has 1 heterocycles. The average Bonchev–Trinajstić information content (AvgIpc) is 2.72. The number of esters is 1. The van der Waals surface area contributed by atoms with Crippen LogP contribution in [-0.4, -0.2) is 15.7 Å². The zero-order chi connectivity index (χ0) is 14.7. The Kier molecular flexibility index (Phi) is 4.08. The van der Waals surface area contributed by atoms with Gasteiger partial charge in [-0.05, 0) is 26.3 Å². The van der Waals surface area contributed by atoms with Gasteiger partial charge in [-0.1, -0.05) is 29.8 Å². The van der Waals surface area contributed by atoms with Crippen LogP contribution in [0.15, 0.2) is 24.3 Å². The molecule has 0 unspecified atom stereocenters. The molecule has 0 aliphatic carbocycles. The molecule has 0 amide bonds. The zero-order valence-electron chi connectivity index (χ0n) is 12.0. The number of nitrogens with zero attached hydrogens (tertiary/aromatic N) is 2. The summed E-state index contributed by atoms with van der Waals surface area (Å²) in [6.45, 7) is 6.49. The zero-order valence-corrected chi connectivity index (χ0v) is 12.0.